The molecule has 0 aromatic carbocycles. The van der Waals surface area contributed by atoms with Gasteiger partial charge in [-0.25, -0.2) is 0 Å². The Morgan fingerprint density at radius 3 is 2.42 bits per heavy atom. The van der Waals surface area contributed by atoms with Gasteiger partial charge in [0.25, 0.3) is 0 Å². The fourth-order valence-electron chi connectivity index (χ4n) is 9.25. The van der Waals surface area contributed by atoms with Crippen LogP contribution >= 0.6 is 0 Å². The summed E-state index contributed by atoms with van der Waals surface area (Å²) in [7, 11) is 0. The van der Waals surface area contributed by atoms with Crippen LogP contribution in [0.1, 0.15) is 97.8 Å². The van der Waals surface area contributed by atoms with E-state index in [4.69, 9.17) is 5.73 Å². The van der Waals surface area contributed by atoms with Gasteiger partial charge in [-0.2, -0.15) is 0 Å². The van der Waals surface area contributed by atoms with Crippen molar-refractivity contribution in [2.24, 2.45) is 46.2 Å². The van der Waals surface area contributed by atoms with Gasteiger partial charge in [0.05, 0.1) is 6.10 Å². The van der Waals surface area contributed by atoms with Crippen LogP contribution in [0.5, 0.6) is 0 Å². The van der Waals surface area contributed by atoms with Crippen LogP contribution in [0.3, 0.4) is 0 Å². The van der Waals surface area contributed by atoms with Crippen molar-refractivity contribution in [3.8, 4) is 0 Å². The van der Waals surface area contributed by atoms with E-state index in [2.05, 4.69) is 42.8 Å². The van der Waals surface area contributed by atoms with Crippen molar-refractivity contribution >= 4 is 5.91 Å². The molecule has 0 radical (unpaired) electrons. The third-order valence-corrected chi connectivity index (χ3v) is 11.5. The number of allylic oxidation sites excluding steroid dienone is 1. The maximum atomic E-state index is 13.2. The van der Waals surface area contributed by atoms with Gasteiger partial charge >= 0.3 is 0 Å². The van der Waals surface area contributed by atoms with Crippen LogP contribution in [0, 0.1) is 40.4 Å². The fraction of sp³-hybridized carbons (Fsp3) is 0.906. The van der Waals surface area contributed by atoms with Crippen LogP contribution in [0.25, 0.3) is 0 Å². The number of aliphatic hydroxyl groups is 1. The molecule has 6 N–H and O–H groups in total. The number of carbonyl (C=O) groups excluding carboxylic acids is 1. The highest BCUT2D eigenvalue weighted by atomic mass is 16.3. The van der Waals surface area contributed by atoms with Crippen molar-refractivity contribution in [3.05, 3.63) is 11.6 Å². The quantitative estimate of drug-likeness (QED) is 0.170. The van der Waals surface area contributed by atoms with Crippen LogP contribution in [0.15, 0.2) is 11.6 Å². The molecule has 4 rings (SSSR count). The van der Waals surface area contributed by atoms with Crippen molar-refractivity contribution in [1.82, 2.24) is 16.0 Å². The largest absolute Gasteiger partial charge is 0.393 e. The lowest BCUT2D eigenvalue weighted by Crippen LogP contribution is -2.51. The molecule has 0 aromatic heterocycles. The average molecular weight is 531 g/mol. The maximum Gasteiger partial charge on any atom is 0.223 e. The first-order chi connectivity index (χ1) is 18.3. The minimum absolute atomic E-state index is 0.0939. The number of rotatable bonds is 14. The normalized spacial score (nSPS) is 37.1. The lowest BCUT2D eigenvalue weighted by atomic mass is 9.47. The van der Waals surface area contributed by atoms with Gasteiger partial charge < -0.3 is 26.8 Å². The molecule has 4 aliphatic rings. The second-order valence-electron chi connectivity index (χ2n) is 13.7. The Kier molecular flexibility index (Phi) is 10.7. The molecule has 0 spiro atoms. The lowest BCUT2D eigenvalue weighted by molar-refractivity contribution is -0.129. The van der Waals surface area contributed by atoms with E-state index in [1.165, 1.54) is 44.9 Å². The lowest BCUT2D eigenvalue weighted by Gasteiger charge is -2.58. The molecule has 0 bridgehead atoms. The summed E-state index contributed by atoms with van der Waals surface area (Å²) in [5, 5.41) is 20.5. The number of aliphatic hydroxyl groups excluding tert-OH is 1. The summed E-state index contributed by atoms with van der Waals surface area (Å²) in [6.45, 7) is 12.9. The SMILES string of the molecule is CC(C(=O)NCCCNCCCCNCCCN)[C@H]1CC[C@H]2C3CC=C4CC(O)CC[C@]4(C)C3CC[C@]12C. The van der Waals surface area contributed by atoms with Crippen molar-refractivity contribution in [1.29, 1.82) is 0 Å². The van der Waals surface area contributed by atoms with Gasteiger partial charge in [-0.05, 0) is 144 Å². The van der Waals surface area contributed by atoms with Crippen molar-refractivity contribution in [2.75, 3.05) is 39.3 Å². The zero-order valence-corrected chi connectivity index (χ0v) is 24.7. The highest BCUT2D eigenvalue weighted by Gasteiger charge is 2.59. The Hall–Kier alpha value is -0.950. The molecule has 4 aliphatic carbocycles. The predicted octanol–water partition coefficient (Wildman–Crippen LogP) is 4.38. The Balaban J connectivity index is 1.18. The molecule has 3 saturated carbocycles. The molecular formula is C32H58N4O2. The first kappa shape index (κ1) is 30.0. The first-order valence-corrected chi connectivity index (χ1v) is 16.1. The molecule has 218 valence electrons. The maximum absolute atomic E-state index is 13.2. The number of hydrogen-bond donors (Lipinski definition) is 5. The molecular weight excluding hydrogens is 472 g/mol. The van der Waals surface area contributed by atoms with Gasteiger partial charge in [-0.15, -0.1) is 0 Å². The summed E-state index contributed by atoms with van der Waals surface area (Å²) >= 11 is 0. The third kappa shape index (κ3) is 6.50. The summed E-state index contributed by atoms with van der Waals surface area (Å²) in [6.07, 6.45) is 16.0. The summed E-state index contributed by atoms with van der Waals surface area (Å²) in [6, 6.07) is 0. The number of nitrogens with two attached hydrogens (primary N) is 1. The fourth-order valence-corrected chi connectivity index (χ4v) is 9.25. The molecule has 0 aromatic rings. The summed E-state index contributed by atoms with van der Waals surface area (Å²) < 4.78 is 0. The van der Waals surface area contributed by atoms with E-state index in [9.17, 15) is 9.90 Å². The monoisotopic (exact) mass is 530 g/mol. The van der Waals surface area contributed by atoms with Gasteiger partial charge in [0.15, 0.2) is 0 Å². The van der Waals surface area contributed by atoms with E-state index < -0.39 is 0 Å². The minimum Gasteiger partial charge on any atom is -0.393 e. The second kappa shape index (κ2) is 13.6. The average Bonchev–Trinajstić information content (AvgIpc) is 3.26. The molecule has 1 amide bonds. The highest BCUT2D eigenvalue weighted by molar-refractivity contribution is 5.78. The van der Waals surface area contributed by atoms with E-state index in [1.807, 2.05) is 0 Å². The van der Waals surface area contributed by atoms with Crippen molar-refractivity contribution in [3.63, 3.8) is 0 Å². The molecule has 8 atom stereocenters. The van der Waals surface area contributed by atoms with Crippen LogP contribution in [0.2, 0.25) is 0 Å². The van der Waals surface area contributed by atoms with Gasteiger partial charge in [-0.3, -0.25) is 4.79 Å². The van der Waals surface area contributed by atoms with Crippen LogP contribution in [-0.2, 0) is 4.79 Å². The van der Waals surface area contributed by atoms with Gasteiger partial charge in [0.1, 0.15) is 0 Å². The topological polar surface area (TPSA) is 99.4 Å². The zero-order valence-electron chi connectivity index (χ0n) is 24.7. The van der Waals surface area contributed by atoms with Crippen molar-refractivity contribution in [2.45, 2.75) is 104 Å². The Labute approximate surface area is 232 Å². The Bertz CT molecular complexity index is 802. The number of unbranched alkanes of at least 4 members (excludes halogenated alkanes) is 1. The summed E-state index contributed by atoms with van der Waals surface area (Å²) in [5.41, 5.74) is 7.64. The second-order valence-corrected chi connectivity index (χ2v) is 13.7. The molecule has 0 heterocycles. The van der Waals surface area contributed by atoms with Crippen LogP contribution in [0.4, 0.5) is 0 Å². The molecule has 6 nitrogen and oxygen atoms in total. The summed E-state index contributed by atoms with van der Waals surface area (Å²) in [4.78, 5) is 13.2. The van der Waals surface area contributed by atoms with E-state index in [1.54, 1.807) is 5.57 Å². The van der Waals surface area contributed by atoms with Crippen molar-refractivity contribution < 1.29 is 9.90 Å². The molecule has 38 heavy (non-hydrogen) atoms. The third-order valence-electron chi connectivity index (χ3n) is 11.5. The first-order valence-electron chi connectivity index (χ1n) is 16.1. The van der Waals surface area contributed by atoms with Gasteiger partial charge in [0.2, 0.25) is 5.91 Å². The molecule has 3 fully saturated rings. The number of fused-ring (bicyclic) bond motifs is 5. The number of hydrogen-bond acceptors (Lipinski definition) is 5. The van der Waals surface area contributed by atoms with E-state index in [0.29, 0.717) is 11.3 Å². The predicted molar refractivity (Wildman–Crippen MR) is 157 cm³/mol. The number of amides is 1. The van der Waals surface area contributed by atoms with Crippen LogP contribution in [-0.4, -0.2) is 56.4 Å². The highest BCUT2D eigenvalue weighted by Crippen LogP contribution is 2.67. The van der Waals surface area contributed by atoms with E-state index >= 15 is 0 Å². The summed E-state index contributed by atoms with van der Waals surface area (Å²) in [5.74, 6) is 3.11. The van der Waals surface area contributed by atoms with Crippen LogP contribution < -0.4 is 21.7 Å². The Morgan fingerprint density at radius 2 is 1.68 bits per heavy atom. The number of carbonyl (C=O) groups is 1. The molecule has 6 heteroatoms. The molecule has 4 unspecified atom stereocenters. The standard InChI is InChI=1S/C32H58N4O2/c1-23(30(38)36-21-7-20-35-18-5-4-17-34-19-6-16-33)27-10-11-28-26-9-8-24-22-25(37)12-14-31(24,2)29(26)13-15-32(27,28)3/h8,23,25-29,34-35,37H,4-7,9-22,33H2,1-3H3,(H,36,38)/t23?,25?,26?,27-,28+,29?,31+,32-/m1/s1. The van der Waals surface area contributed by atoms with Gasteiger partial charge in [0, 0.05) is 12.5 Å². The number of nitrogens with one attached hydrogen (secondary N) is 3. The zero-order chi connectivity index (χ0) is 27.2. The van der Waals surface area contributed by atoms with E-state index in [-0.39, 0.29) is 23.3 Å². The van der Waals surface area contributed by atoms with Gasteiger partial charge in [-0.1, -0.05) is 32.4 Å². The minimum atomic E-state index is -0.134. The van der Waals surface area contributed by atoms with E-state index in [0.717, 1.165) is 89.1 Å². The molecule has 0 aliphatic heterocycles. The molecule has 0 saturated heterocycles. The Morgan fingerprint density at radius 1 is 0.974 bits per heavy atom. The smallest absolute Gasteiger partial charge is 0.223 e.